The van der Waals surface area contributed by atoms with E-state index in [1.807, 2.05) is 44.2 Å². The second-order valence-electron chi connectivity index (χ2n) is 7.18. The molecular formula is C22H23N3O3. The first-order valence-corrected chi connectivity index (χ1v) is 9.07. The molecule has 0 unspecified atom stereocenters. The van der Waals surface area contributed by atoms with E-state index in [1.165, 1.54) is 11.8 Å². The second kappa shape index (κ2) is 7.68. The summed E-state index contributed by atoms with van der Waals surface area (Å²) in [4.78, 5) is 31.1. The summed E-state index contributed by atoms with van der Waals surface area (Å²) in [5, 5.41) is 10.6. The number of hydrogen-bond acceptors (Lipinski definition) is 4. The maximum Gasteiger partial charge on any atom is 0.335 e. The van der Waals surface area contributed by atoms with Gasteiger partial charge in [0.1, 0.15) is 5.56 Å². The number of aliphatic imine (C=N–C) groups is 1. The van der Waals surface area contributed by atoms with Crippen LogP contribution in [-0.2, 0) is 0 Å². The van der Waals surface area contributed by atoms with Gasteiger partial charge in [0, 0.05) is 6.21 Å². The molecule has 1 aromatic heterocycles. The topological polar surface area (TPSA) is 87.4 Å². The van der Waals surface area contributed by atoms with E-state index in [0.717, 1.165) is 15.7 Å². The minimum Gasteiger partial charge on any atom is -0.493 e. The van der Waals surface area contributed by atoms with Crippen LogP contribution in [0.2, 0.25) is 0 Å². The van der Waals surface area contributed by atoms with Crippen molar-refractivity contribution in [1.29, 1.82) is 0 Å². The molecular weight excluding hydrogens is 354 g/mol. The molecule has 6 heteroatoms. The Morgan fingerprint density at radius 3 is 2.21 bits per heavy atom. The highest BCUT2D eigenvalue weighted by atomic mass is 16.3. The van der Waals surface area contributed by atoms with Gasteiger partial charge < -0.3 is 5.11 Å². The molecule has 3 rings (SSSR count). The molecule has 0 aliphatic carbocycles. The molecule has 0 atom stereocenters. The number of nitrogens with zero attached hydrogens (tertiary/aromatic N) is 2. The van der Waals surface area contributed by atoms with E-state index in [0.29, 0.717) is 17.3 Å². The van der Waals surface area contributed by atoms with Gasteiger partial charge in [0.25, 0.3) is 5.56 Å². The van der Waals surface area contributed by atoms with Crippen LogP contribution in [0.25, 0.3) is 5.69 Å². The lowest BCUT2D eigenvalue weighted by Gasteiger charge is -2.11. The average Bonchev–Trinajstić information content (AvgIpc) is 2.60. The lowest BCUT2D eigenvalue weighted by Crippen LogP contribution is -2.31. The standard InChI is InChI=1S/C22H23N3O3/c1-13(2)16-5-7-17(8-6-16)23-12-19-20(26)24-22(28)25(21(19)27)18-10-14(3)9-15(4)11-18/h5-13,27H,1-4H3,(H,24,26,28). The Bertz CT molecular complexity index is 1130. The molecule has 1 heterocycles. The largest absolute Gasteiger partial charge is 0.493 e. The fraction of sp³-hybridized carbons (Fsp3) is 0.227. The van der Waals surface area contributed by atoms with Gasteiger partial charge in [-0.15, -0.1) is 0 Å². The molecule has 3 aromatic rings. The monoisotopic (exact) mass is 377 g/mol. The Labute approximate surface area is 162 Å². The van der Waals surface area contributed by atoms with Gasteiger partial charge in [-0.1, -0.05) is 32.0 Å². The maximum absolute atomic E-state index is 12.3. The van der Waals surface area contributed by atoms with Crippen molar-refractivity contribution in [2.75, 3.05) is 0 Å². The quantitative estimate of drug-likeness (QED) is 0.679. The van der Waals surface area contributed by atoms with Gasteiger partial charge in [0.05, 0.1) is 11.4 Å². The van der Waals surface area contributed by atoms with Crippen LogP contribution in [-0.4, -0.2) is 20.9 Å². The van der Waals surface area contributed by atoms with Crippen molar-refractivity contribution < 1.29 is 5.11 Å². The van der Waals surface area contributed by atoms with Gasteiger partial charge in [0.15, 0.2) is 0 Å². The Balaban J connectivity index is 2.07. The minimum atomic E-state index is -0.703. The predicted octanol–water partition coefficient (Wildman–Crippen LogP) is 3.72. The van der Waals surface area contributed by atoms with E-state index in [1.54, 1.807) is 12.1 Å². The van der Waals surface area contributed by atoms with Crippen LogP contribution in [0.4, 0.5) is 5.69 Å². The summed E-state index contributed by atoms with van der Waals surface area (Å²) in [5.41, 5.74) is 2.71. The van der Waals surface area contributed by atoms with Crippen LogP contribution >= 0.6 is 0 Å². The average molecular weight is 377 g/mol. The van der Waals surface area contributed by atoms with Crippen LogP contribution in [0.5, 0.6) is 5.88 Å². The lowest BCUT2D eigenvalue weighted by molar-refractivity contribution is 0.430. The molecule has 2 aromatic carbocycles. The van der Waals surface area contributed by atoms with Gasteiger partial charge in [0.2, 0.25) is 5.88 Å². The number of aryl methyl sites for hydroxylation is 2. The minimum absolute atomic E-state index is 0.0771. The van der Waals surface area contributed by atoms with Crippen molar-refractivity contribution in [3.8, 4) is 11.6 Å². The molecule has 0 amide bonds. The van der Waals surface area contributed by atoms with E-state index in [9.17, 15) is 14.7 Å². The summed E-state index contributed by atoms with van der Waals surface area (Å²) in [7, 11) is 0. The molecule has 0 saturated carbocycles. The van der Waals surface area contributed by atoms with Crippen molar-refractivity contribution in [2.24, 2.45) is 4.99 Å². The molecule has 2 N–H and O–H groups in total. The van der Waals surface area contributed by atoms with Crippen molar-refractivity contribution in [2.45, 2.75) is 33.6 Å². The molecule has 0 radical (unpaired) electrons. The van der Waals surface area contributed by atoms with E-state index in [2.05, 4.69) is 23.8 Å². The number of hydrogen-bond donors (Lipinski definition) is 2. The van der Waals surface area contributed by atoms with Crippen molar-refractivity contribution in [3.63, 3.8) is 0 Å². The first kappa shape index (κ1) is 19.4. The molecule has 0 aliphatic heterocycles. The number of nitrogens with one attached hydrogen (secondary N) is 1. The van der Waals surface area contributed by atoms with E-state index in [-0.39, 0.29) is 5.56 Å². The normalized spacial score (nSPS) is 11.5. The number of aromatic nitrogens is 2. The Hall–Kier alpha value is -3.41. The van der Waals surface area contributed by atoms with E-state index < -0.39 is 17.1 Å². The fourth-order valence-electron chi connectivity index (χ4n) is 3.06. The highest BCUT2D eigenvalue weighted by Gasteiger charge is 2.14. The van der Waals surface area contributed by atoms with E-state index in [4.69, 9.17) is 0 Å². The van der Waals surface area contributed by atoms with Crippen LogP contribution in [0.1, 0.15) is 42.0 Å². The zero-order valence-corrected chi connectivity index (χ0v) is 16.4. The van der Waals surface area contributed by atoms with Gasteiger partial charge in [-0.3, -0.25) is 14.8 Å². The summed E-state index contributed by atoms with van der Waals surface area (Å²) in [6.07, 6.45) is 1.27. The van der Waals surface area contributed by atoms with Crippen molar-refractivity contribution in [1.82, 2.24) is 9.55 Å². The zero-order valence-electron chi connectivity index (χ0n) is 16.4. The molecule has 0 aliphatic rings. The van der Waals surface area contributed by atoms with Gasteiger partial charge in [-0.25, -0.2) is 9.36 Å². The van der Waals surface area contributed by atoms with Crippen LogP contribution < -0.4 is 11.2 Å². The number of aromatic hydroxyl groups is 1. The smallest absolute Gasteiger partial charge is 0.335 e. The molecule has 6 nitrogen and oxygen atoms in total. The third-order valence-corrected chi connectivity index (χ3v) is 4.49. The van der Waals surface area contributed by atoms with Crippen molar-refractivity contribution in [3.05, 3.63) is 85.6 Å². The Morgan fingerprint density at radius 1 is 1.04 bits per heavy atom. The number of rotatable bonds is 4. The Morgan fingerprint density at radius 2 is 1.64 bits per heavy atom. The van der Waals surface area contributed by atoms with E-state index >= 15 is 0 Å². The van der Waals surface area contributed by atoms with Crippen LogP contribution in [0.3, 0.4) is 0 Å². The summed E-state index contributed by atoms with van der Waals surface area (Å²) >= 11 is 0. The Kier molecular flexibility index (Phi) is 5.31. The molecule has 28 heavy (non-hydrogen) atoms. The van der Waals surface area contributed by atoms with Crippen LogP contribution in [0.15, 0.2) is 57.0 Å². The summed E-state index contributed by atoms with van der Waals surface area (Å²) in [5.74, 6) is -0.0347. The molecule has 0 fully saturated rings. The second-order valence-corrected chi connectivity index (χ2v) is 7.18. The molecule has 144 valence electrons. The molecule has 0 bridgehead atoms. The highest BCUT2D eigenvalue weighted by molar-refractivity contribution is 5.84. The lowest BCUT2D eigenvalue weighted by atomic mass is 10.0. The number of H-pyrrole nitrogens is 1. The SMILES string of the molecule is Cc1cc(C)cc(-n2c(O)c(C=Nc3ccc(C(C)C)cc3)c(=O)[nH]c2=O)c1. The summed E-state index contributed by atoms with van der Waals surface area (Å²) < 4.78 is 1.07. The first-order chi connectivity index (χ1) is 13.3. The zero-order chi connectivity index (χ0) is 20.4. The third kappa shape index (κ3) is 3.96. The molecule has 0 spiro atoms. The number of benzene rings is 2. The first-order valence-electron chi connectivity index (χ1n) is 9.07. The molecule has 0 saturated heterocycles. The summed E-state index contributed by atoms with van der Waals surface area (Å²) in [6.45, 7) is 8.00. The van der Waals surface area contributed by atoms with Gasteiger partial charge in [-0.05, 0) is 60.7 Å². The van der Waals surface area contributed by atoms with Crippen LogP contribution in [0, 0.1) is 13.8 Å². The number of aromatic amines is 1. The predicted molar refractivity (Wildman–Crippen MR) is 112 cm³/mol. The fourth-order valence-corrected chi connectivity index (χ4v) is 3.06. The van der Waals surface area contributed by atoms with Crippen molar-refractivity contribution >= 4 is 11.9 Å². The van der Waals surface area contributed by atoms with Gasteiger partial charge >= 0.3 is 5.69 Å². The third-order valence-electron chi connectivity index (χ3n) is 4.49. The van der Waals surface area contributed by atoms with Gasteiger partial charge in [-0.2, -0.15) is 0 Å². The summed E-state index contributed by atoms with van der Waals surface area (Å²) in [6, 6.07) is 13.1. The maximum atomic E-state index is 12.3. The highest BCUT2D eigenvalue weighted by Crippen LogP contribution is 2.21.